The standard InChI is InChI=1S/C25H28O12/c1-31-13-7-5-6-11(22(13)33-3)14-8-12(27)18-15(9-16(32-2)23(34-4)24(18)35-14)36-25-21(30)20(29)19(28)17(10-26)37-25/h5-9,17,19-21,25-26,28-30H,10H2,1-4H3/t17-,19-,20+,21-,25-/m1/s1. The highest BCUT2D eigenvalue weighted by atomic mass is 16.7. The van der Waals surface area contributed by atoms with Crippen LogP contribution in [0.3, 0.4) is 0 Å². The number of ether oxygens (including phenoxy) is 6. The molecule has 0 radical (unpaired) electrons. The van der Waals surface area contributed by atoms with Gasteiger partial charge in [0.2, 0.25) is 12.0 Å². The monoisotopic (exact) mass is 520 g/mol. The van der Waals surface area contributed by atoms with Crippen molar-refractivity contribution in [1.29, 1.82) is 0 Å². The molecule has 4 N–H and O–H groups in total. The third-order valence-corrected chi connectivity index (χ3v) is 6.07. The van der Waals surface area contributed by atoms with Gasteiger partial charge in [0.1, 0.15) is 41.3 Å². The zero-order valence-electron chi connectivity index (χ0n) is 20.5. The minimum atomic E-state index is -1.70. The number of aliphatic hydroxyl groups excluding tert-OH is 4. The molecule has 12 heteroatoms. The van der Waals surface area contributed by atoms with E-state index in [-0.39, 0.29) is 34.0 Å². The van der Waals surface area contributed by atoms with Crippen LogP contribution in [-0.4, -0.2) is 86.2 Å². The molecular formula is C25H28O12. The van der Waals surface area contributed by atoms with Gasteiger partial charge in [0.25, 0.3) is 0 Å². The molecule has 0 amide bonds. The van der Waals surface area contributed by atoms with Gasteiger partial charge in [-0.1, -0.05) is 6.07 Å². The second kappa shape index (κ2) is 10.8. The Morgan fingerprint density at radius 2 is 1.54 bits per heavy atom. The van der Waals surface area contributed by atoms with Gasteiger partial charge in [0, 0.05) is 12.1 Å². The summed E-state index contributed by atoms with van der Waals surface area (Å²) in [5, 5.41) is 40.0. The van der Waals surface area contributed by atoms with Gasteiger partial charge in [-0.2, -0.15) is 0 Å². The fraction of sp³-hybridized carbons (Fsp3) is 0.400. The Hall–Kier alpha value is -3.55. The van der Waals surface area contributed by atoms with Gasteiger partial charge in [0.05, 0.1) is 40.6 Å². The SMILES string of the molecule is COc1cccc(-c2cc(=O)c3c(O[C@@H]4O[C@H](CO)[C@@H](O)[C@H](O)[C@H]4O)cc(OC)c(OC)c3o2)c1OC. The summed E-state index contributed by atoms with van der Waals surface area (Å²) in [5.74, 6) is 1.01. The van der Waals surface area contributed by atoms with Crippen molar-refractivity contribution in [3.05, 3.63) is 40.6 Å². The van der Waals surface area contributed by atoms with Crippen LogP contribution in [0.25, 0.3) is 22.3 Å². The summed E-state index contributed by atoms with van der Waals surface area (Å²) in [6, 6.07) is 7.65. The van der Waals surface area contributed by atoms with Crippen LogP contribution in [0.5, 0.6) is 28.7 Å². The molecule has 1 aromatic heterocycles. The first-order valence-corrected chi connectivity index (χ1v) is 11.2. The summed E-state index contributed by atoms with van der Waals surface area (Å²) >= 11 is 0. The summed E-state index contributed by atoms with van der Waals surface area (Å²) in [5.41, 5.74) is -0.141. The number of fused-ring (bicyclic) bond motifs is 1. The first kappa shape index (κ1) is 26.5. The lowest BCUT2D eigenvalue weighted by Crippen LogP contribution is -2.60. The quantitative estimate of drug-likeness (QED) is 0.328. The number of hydrogen-bond donors (Lipinski definition) is 4. The van der Waals surface area contributed by atoms with Crippen molar-refractivity contribution in [2.45, 2.75) is 30.7 Å². The van der Waals surface area contributed by atoms with E-state index in [2.05, 4.69) is 0 Å². The van der Waals surface area contributed by atoms with Gasteiger partial charge in [-0.25, -0.2) is 0 Å². The number of benzene rings is 2. The Balaban J connectivity index is 1.90. The molecule has 0 spiro atoms. The maximum atomic E-state index is 13.4. The highest BCUT2D eigenvalue weighted by Gasteiger charge is 2.45. The van der Waals surface area contributed by atoms with Gasteiger partial charge < -0.3 is 53.3 Å². The van der Waals surface area contributed by atoms with Crippen LogP contribution in [0.1, 0.15) is 0 Å². The van der Waals surface area contributed by atoms with Gasteiger partial charge in [-0.05, 0) is 12.1 Å². The van der Waals surface area contributed by atoms with Crippen LogP contribution in [0.15, 0.2) is 39.5 Å². The van der Waals surface area contributed by atoms with Crippen molar-refractivity contribution in [3.63, 3.8) is 0 Å². The number of aliphatic hydroxyl groups is 4. The molecule has 4 rings (SSSR count). The van der Waals surface area contributed by atoms with E-state index in [1.54, 1.807) is 18.2 Å². The molecule has 1 saturated heterocycles. The van der Waals surface area contributed by atoms with E-state index >= 15 is 0 Å². The zero-order valence-corrected chi connectivity index (χ0v) is 20.5. The second-order valence-corrected chi connectivity index (χ2v) is 8.15. The van der Waals surface area contributed by atoms with Crippen LogP contribution in [0.4, 0.5) is 0 Å². The summed E-state index contributed by atoms with van der Waals surface area (Å²) in [6.45, 7) is -0.647. The van der Waals surface area contributed by atoms with E-state index < -0.39 is 42.7 Å². The third kappa shape index (κ3) is 4.65. The molecule has 1 fully saturated rings. The van der Waals surface area contributed by atoms with Gasteiger partial charge >= 0.3 is 0 Å². The van der Waals surface area contributed by atoms with E-state index in [4.69, 9.17) is 32.8 Å². The lowest BCUT2D eigenvalue weighted by molar-refractivity contribution is -0.277. The minimum Gasteiger partial charge on any atom is -0.493 e. The number of methoxy groups -OCH3 is 4. The summed E-state index contributed by atoms with van der Waals surface area (Å²) < 4.78 is 39.0. The van der Waals surface area contributed by atoms with Crippen molar-refractivity contribution in [1.82, 2.24) is 0 Å². The van der Waals surface area contributed by atoms with Crippen LogP contribution in [0.2, 0.25) is 0 Å². The maximum Gasteiger partial charge on any atom is 0.229 e. The fourth-order valence-electron chi connectivity index (χ4n) is 4.20. The lowest BCUT2D eigenvalue weighted by atomic mass is 9.99. The smallest absolute Gasteiger partial charge is 0.229 e. The van der Waals surface area contributed by atoms with Gasteiger partial charge in [-0.15, -0.1) is 0 Å². The molecule has 3 aromatic rings. The predicted octanol–water partition coefficient (Wildman–Crippen LogP) is 0.673. The highest BCUT2D eigenvalue weighted by molar-refractivity contribution is 5.92. The van der Waals surface area contributed by atoms with E-state index in [0.29, 0.717) is 17.1 Å². The normalized spacial score (nSPS) is 23.5. The molecule has 37 heavy (non-hydrogen) atoms. The van der Waals surface area contributed by atoms with E-state index in [1.165, 1.54) is 40.6 Å². The highest BCUT2D eigenvalue weighted by Crippen LogP contribution is 2.44. The van der Waals surface area contributed by atoms with Crippen molar-refractivity contribution in [2.24, 2.45) is 0 Å². The average molecular weight is 520 g/mol. The second-order valence-electron chi connectivity index (χ2n) is 8.15. The van der Waals surface area contributed by atoms with Crippen LogP contribution >= 0.6 is 0 Å². The largest absolute Gasteiger partial charge is 0.493 e. The predicted molar refractivity (Wildman–Crippen MR) is 129 cm³/mol. The Morgan fingerprint density at radius 1 is 0.838 bits per heavy atom. The van der Waals surface area contributed by atoms with Crippen molar-refractivity contribution in [2.75, 3.05) is 35.0 Å². The molecular weight excluding hydrogens is 492 g/mol. The first-order chi connectivity index (χ1) is 17.8. The fourth-order valence-corrected chi connectivity index (χ4v) is 4.20. The Bertz CT molecular complexity index is 1320. The molecule has 0 aliphatic carbocycles. The van der Waals surface area contributed by atoms with Gasteiger partial charge in [-0.3, -0.25) is 4.79 Å². The van der Waals surface area contributed by atoms with Crippen LogP contribution < -0.4 is 29.1 Å². The third-order valence-electron chi connectivity index (χ3n) is 6.07. The molecule has 2 heterocycles. The Kier molecular flexibility index (Phi) is 7.76. The molecule has 1 aliphatic heterocycles. The number of hydrogen-bond acceptors (Lipinski definition) is 12. The molecule has 5 atom stereocenters. The number of para-hydroxylation sites is 1. The van der Waals surface area contributed by atoms with E-state index in [9.17, 15) is 25.2 Å². The molecule has 1 aliphatic rings. The Labute approximate surface area is 211 Å². The number of rotatable bonds is 8. The van der Waals surface area contributed by atoms with Crippen molar-refractivity contribution >= 4 is 11.0 Å². The molecule has 12 nitrogen and oxygen atoms in total. The van der Waals surface area contributed by atoms with Crippen molar-refractivity contribution < 1.29 is 53.3 Å². The first-order valence-electron chi connectivity index (χ1n) is 11.2. The van der Waals surface area contributed by atoms with Gasteiger partial charge in [0.15, 0.2) is 28.3 Å². The van der Waals surface area contributed by atoms with E-state index in [1.807, 2.05) is 0 Å². The van der Waals surface area contributed by atoms with Crippen LogP contribution in [0, 0.1) is 0 Å². The van der Waals surface area contributed by atoms with Crippen LogP contribution in [-0.2, 0) is 4.74 Å². The minimum absolute atomic E-state index is 0.0335. The Morgan fingerprint density at radius 3 is 2.16 bits per heavy atom. The molecule has 2 aromatic carbocycles. The summed E-state index contributed by atoms with van der Waals surface area (Å²) in [4.78, 5) is 13.4. The van der Waals surface area contributed by atoms with Crippen molar-refractivity contribution in [3.8, 4) is 40.1 Å². The van der Waals surface area contributed by atoms with E-state index in [0.717, 1.165) is 0 Å². The maximum absolute atomic E-state index is 13.4. The average Bonchev–Trinajstić information content (AvgIpc) is 2.91. The topological polar surface area (TPSA) is 167 Å². The molecule has 0 unspecified atom stereocenters. The molecule has 200 valence electrons. The zero-order chi connectivity index (χ0) is 26.9. The lowest BCUT2D eigenvalue weighted by Gasteiger charge is -2.39. The summed E-state index contributed by atoms with van der Waals surface area (Å²) in [7, 11) is 5.67. The molecule has 0 saturated carbocycles. The molecule has 0 bridgehead atoms. The summed E-state index contributed by atoms with van der Waals surface area (Å²) in [6.07, 6.45) is -7.71.